The molecule has 5 aromatic heterocycles. The third-order valence-corrected chi connectivity index (χ3v) is 10.2. The van der Waals surface area contributed by atoms with Crippen LogP contribution in [0.4, 0.5) is 0 Å². The van der Waals surface area contributed by atoms with Gasteiger partial charge in [-0.1, -0.05) is 121 Å². The normalized spacial score (nSPS) is 11.8. The monoisotopic (exact) mass is 664 g/mol. The molecule has 0 aliphatic carbocycles. The van der Waals surface area contributed by atoms with Crippen molar-refractivity contribution in [1.29, 1.82) is 0 Å². The predicted octanol–water partition coefficient (Wildman–Crippen LogP) is 12.2. The molecule has 0 amide bonds. The quantitative estimate of drug-likeness (QED) is 0.176. The fourth-order valence-electron chi connectivity index (χ4n) is 7.72. The van der Waals surface area contributed by atoms with E-state index >= 15 is 0 Å². The lowest BCUT2D eigenvalue weighted by Crippen LogP contribution is -1.96. The van der Waals surface area contributed by atoms with Gasteiger partial charge in [0.15, 0.2) is 5.58 Å². The maximum atomic E-state index is 6.91. The van der Waals surface area contributed by atoms with Crippen LogP contribution in [-0.4, -0.2) is 19.5 Å². The number of hydrogen-bond acceptors (Lipinski definition) is 4. The summed E-state index contributed by atoms with van der Waals surface area (Å²) in [5, 5.41) is 5.17. The van der Waals surface area contributed by atoms with Crippen LogP contribution in [0.25, 0.3) is 105 Å². The molecule has 0 saturated carbocycles. The van der Waals surface area contributed by atoms with Gasteiger partial charge in [-0.3, -0.25) is 0 Å². The van der Waals surface area contributed by atoms with Gasteiger partial charge in [0, 0.05) is 43.9 Å². The molecule has 5 nitrogen and oxygen atoms in total. The average Bonchev–Trinajstić information content (AvgIpc) is 3.76. The Bertz CT molecular complexity index is 3180. The maximum absolute atomic E-state index is 6.91. The van der Waals surface area contributed by atoms with Gasteiger partial charge in [0.2, 0.25) is 0 Å². The van der Waals surface area contributed by atoms with Gasteiger partial charge in [0.05, 0.1) is 44.5 Å². The van der Waals surface area contributed by atoms with E-state index in [1.54, 1.807) is 0 Å². The van der Waals surface area contributed by atoms with Crippen LogP contribution in [0.2, 0.25) is 0 Å². The summed E-state index contributed by atoms with van der Waals surface area (Å²) >= 11 is 0. The van der Waals surface area contributed by atoms with Crippen molar-refractivity contribution < 1.29 is 4.42 Å². The standard InChI is InChI=1S/C47H28N4O/c1-3-12-29(13-4-1)37-26-24-31-22-23-32-25-27-38(49-44(32)43(31)48-37)33-16-11-17-34(28-33)51-40-21-10-8-19-36(40)47-45(51)41-42(30-14-5-2-6-15-30)50-39-20-9-7-18-35(39)46(41)52-47/h1-28H. The lowest BCUT2D eigenvalue weighted by molar-refractivity contribution is 0.676. The number of benzene rings is 6. The third kappa shape index (κ3) is 4.33. The second kappa shape index (κ2) is 11.2. The van der Waals surface area contributed by atoms with Gasteiger partial charge in [-0.05, 0) is 48.5 Å². The second-order valence-electron chi connectivity index (χ2n) is 13.2. The Balaban J connectivity index is 1.16. The van der Waals surface area contributed by atoms with Crippen LogP contribution in [-0.2, 0) is 0 Å². The third-order valence-electron chi connectivity index (χ3n) is 10.2. The van der Waals surface area contributed by atoms with Crippen molar-refractivity contribution in [1.82, 2.24) is 19.5 Å². The molecule has 0 fully saturated rings. The Kier molecular flexibility index (Phi) is 6.18. The summed E-state index contributed by atoms with van der Waals surface area (Å²) in [7, 11) is 0. The summed E-state index contributed by atoms with van der Waals surface area (Å²) in [6.45, 7) is 0. The van der Waals surface area contributed by atoms with Gasteiger partial charge in [-0.2, -0.15) is 0 Å². The minimum atomic E-state index is 0.843. The van der Waals surface area contributed by atoms with E-state index in [2.05, 4.69) is 138 Å². The molecule has 5 heteroatoms. The number of furan rings is 1. The molecule has 11 aromatic rings. The van der Waals surface area contributed by atoms with Gasteiger partial charge in [-0.25, -0.2) is 15.0 Å². The Morgan fingerprint density at radius 3 is 1.79 bits per heavy atom. The van der Waals surface area contributed by atoms with E-state index in [1.165, 1.54) is 0 Å². The summed E-state index contributed by atoms with van der Waals surface area (Å²) in [5.74, 6) is 0. The fraction of sp³-hybridized carbons (Fsp3) is 0. The van der Waals surface area contributed by atoms with Crippen molar-refractivity contribution in [2.45, 2.75) is 0 Å². The zero-order valence-electron chi connectivity index (χ0n) is 27.9. The van der Waals surface area contributed by atoms with E-state index < -0.39 is 0 Å². The molecular formula is C47H28N4O. The first-order valence-electron chi connectivity index (χ1n) is 17.5. The highest BCUT2D eigenvalue weighted by Gasteiger charge is 2.24. The summed E-state index contributed by atoms with van der Waals surface area (Å²) in [6.07, 6.45) is 0. The molecule has 11 rings (SSSR count). The summed E-state index contributed by atoms with van der Waals surface area (Å²) in [6, 6.07) is 58.8. The molecule has 0 N–H and O–H groups in total. The zero-order valence-corrected chi connectivity index (χ0v) is 27.9. The van der Waals surface area contributed by atoms with Gasteiger partial charge in [0.25, 0.3) is 0 Å². The van der Waals surface area contributed by atoms with Crippen molar-refractivity contribution in [3.8, 4) is 39.5 Å². The summed E-state index contributed by atoms with van der Waals surface area (Å²) in [5.41, 5.74) is 13.3. The molecular weight excluding hydrogens is 637 g/mol. The second-order valence-corrected chi connectivity index (χ2v) is 13.2. The van der Waals surface area contributed by atoms with E-state index in [-0.39, 0.29) is 0 Å². The number of aromatic nitrogens is 4. The summed E-state index contributed by atoms with van der Waals surface area (Å²) in [4.78, 5) is 15.7. The Morgan fingerprint density at radius 1 is 0.442 bits per heavy atom. The number of nitrogens with zero attached hydrogens (tertiary/aromatic N) is 4. The Hall–Kier alpha value is -7.11. The van der Waals surface area contributed by atoms with E-state index in [0.717, 1.165) is 105 Å². The lowest BCUT2D eigenvalue weighted by atomic mass is 10.0. The van der Waals surface area contributed by atoms with E-state index in [1.807, 2.05) is 36.4 Å². The first kappa shape index (κ1) is 28.7. The first-order valence-corrected chi connectivity index (χ1v) is 17.5. The van der Waals surface area contributed by atoms with Crippen molar-refractivity contribution in [2.75, 3.05) is 0 Å². The minimum absolute atomic E-state index is 0.843. The zero-order chi connectivity index (χ0) is 34.2. The van der Waals surface area contributed by atoms with Gasteiger partial charge in [-0.15, -0.1) is 0 Å². The van der Waals surface area contributed by atoms with Gasteiger partial charge in [0.1, 0.15) is 11.1 Å². The highest BCUT2D eigenvalue weighted by molar-refractivity contribution is 6.24. The largest absolute Gasteiger partial charge is 0.453 e. The molecule has 0 radical (unpaired) electrons. The molecule has 52 heavy (non-hydrogen) atoms. The van der Waals surface area contributed by atoms with Gasteiger partial charge < -0.3 is 8.98 Å². The van der Waals surface area contributed by atoms with Crippen molar-refractivity contribution in [3.05, 3.63) is 170 Å². The van der Waals surface area contributed by atoms with Crippen LogP contribution in [0, 0.1) is 0 Å². The fourth-order valence-corrected chi connectivity index (χ4v) is 7.72. The minimum Gasteiger partial charge on any atom is -0.453 e. The molecule has 6 aromatic carbocycles. The van der Waals surface area contributed by atoms with E-state index in [4.69, 9.17) is 19.4 Å². The highest BCUT2D eigenvalue weighted by atomic mass is 16.3. The number of pyridine rings is 3. The average molecular weight is 665 g/mol. The molecule has 0 bridgehead atoms. The van der Waals surface area contributed by atoms with Crippen LogP contribution in [0.15, 0.2) is 174 Å². The molecule has 0 atom stereocenters. The van der Waals surface area contributed by atoms with Gasteiger partial charge >= 0.3 is 0 Å². The van der Waals surface area contributed by atoms with Crippen molar-refractivity contribution in [3.63, 3.8) is 0 Å². The van der Waals surface area contributed by atoms with Crippen LogP contribution in [0.3, 0.4) is 0 Å². The number of fused-ring (bicyclic) bond motifs is 10. The lowest BCUT2D eigenvalue weighted by Gasteiger charge is -2.12. The highest BCUT2D eigenvalue weighted by Crippen LogP contribution is 2.44. The molecule has 0 aliphatic heterocycles. The molecule has 0 saturated heterocycles. The molecule has 0 aliphatic rings. The molecule has 0 unspecified atom stereocenters. The predicted molar refractivity (Wildman–Crippen MR) is 213 cm³/mol. The van der Waals surface area contributed by atoms with Crippen molar-refractivity contribution in [2.24, 2.45) is 0 Å². The van der Waals surface area contributed by atoms with Crippen LogP contribution in [0.5, 0.6) is 0 Å². The molecule has 5 heterocycles. The molecule has 0 spiro atoms. The number of rotatable bonds is 4. The van der Waals surface area contributed by atoms with Crippen molar-refractivity contribution >= 4 is 65.7 Å². The number of hydrogen-bond donors (Lipinski definition) is 0. The maximum Gasteiger partial charge on any atom is 0.161 e. The SMILES string of the molecule is c1ccc(-c2ccc3ccc4ccc(-c5cccc(-n6c7ccccc7c7oc8c9ccccc9nc(-c9ccccc9)c8c76)c5)nc4c3n2)cc1. The smallest absolute Gasteiger partial charge is 0.161 e. The Labute approximate surface area is 298 Å². The topological polar surface area (TPSA) is 56.7 Å². The Morgan fingerprint density at radius 2 is 1.04 bits per heavy atom. The van der Waals surface area contributed by atoms with E-state index in [0.29, 0.717) is 0 Å². The van der Waals surface area contributed by atoms with Crippen LogP contribution >= 0.6 is 0 Å². The van der Waals surface area contributed by atoms with Crippen LogP contribution < -0.4 is 0 Å². The first-order chi connectivity index (χ1) is 25.8. The number of para-hydroxylation sites is 2. The van der Waals surface area contributed by atoms with E-state index in [9.17, 15) is 0 Å². The molecule has 242 valence electrons. The van der Waals surface area contributed by atoms with Crippen LogP contribution in [0.1, 0.15) is 0 Å². The summed E-state index contributed by atoms with van der Waals surface area (Å²) < 4.78 is 9.24.